The Morgan fingerprint density at radius 1 is 1.11 bits per heavy atom. The molecule has 1 aliphatic rings. The Morgan fingerprint density at radius 3 is 2.57 bits per heavy atom. The molecule has 9 heteroatoms. The fourth-order valence-corrected chi connectivity index (χ4v) is 4.59. The second-order valence-electron chi connectivity index (χ2n) is 6.31. The molecule has 0 aliphatic carbocycles. The Hall–Kier alpha value is -2.22. The van der Waals surface area contributed by atoms with Crippen molar-refractivity contribution in [3.63, 3.8) is 0 Å². The number of carbonyl (C=O) groups is 1. The van der Waals surface area contributed by atoms with Crippen LogP contribution in [0.4, 0.5) is 15.6 Å². The summed E-state index contributed by atoms with van der Waals surface area (Å²) in [4.78, 5) is 21.2. The Labute approximate surface area is 176 Å². The fourth-order valence-electron chi connectivity index (χ4n) is 3.10. The number of fused-ring (bicyclic) bond motifs is 1. The first-order valence-corrected chi connectivity index (χ1v) is 10.3. The zero-order chi connectivity index (χ0) is 19.7. The largest absolute Gasteiger partial charge is 0.494 e. The summed E-state index contributed by atoms with van der Waals surface area (Å²) in [5, 5.41) is 4.94. The van der Waals surface area contributed by atoms with E-state index >= 15 is 0 Å². The third-order valence-electron chi connectivity index (χ3n) is 4.62. The van der Waals surface area contributed by atoms with E-state index in [2.05, 4.69) is 10.2 Å². The van der Waals surface area contributed by atoms with Crippen LogP contribution in [0, 0.1) is 0 Å². The average Bonchev–Trinajstić information content (AvgIpc) is 3.16. The SMILES string of the molecule is COc1ccc(Cl)c2sc(N3CCN(C(=O)Nc4ccccc4Cl)CC3)nc12. The molecule has 146 valence electrons. The maximum absolute atomic E-state index is 12.5. The molecule has 1 fully saturated rings. The van der Waals surface area contributed by atoms with Crippen LogP contribution in [0.2, 0.25) is 10.0 Å². The van der Waals surface area contributed by atoms with E-state index in [0.29, 0.717) is 47.7 Å². The number of thiazole rings is 1. The molecule has 3 aromatic rings. The van der Waals surface area contributed by atoms with Gasteiger partial charge < -0.3 is 19.9 Å². The van der Waals surface area contributed by atoms with Gasteiger partial charge in [0.2, 0.25) is 0 Å². The van der Waals surface area contributed by atoms with Crippen molar-refractivity contribution in [2.24, 2.45) is 0 Å². The predicted octanol–water partition coefficient (Wildman–Crippen LogP) is 4.97. The lowest BCUT2D eigenvalue weighted by molar-refractivity contribution is 0.208. The quantitative estimate of drug-likeness (QED) is 0.629. The molecular formula is C19H18Cl2N4O2S. The van der Waals surface area contributed by atoms with Crippen molar-refractivity contribution >= 4 is 61.6 Å². The molecule has 2 aromatic carbocycles. The van der Waals surface area contributed by atoms with Crippen molar-refractivity contribution < 1.29 is 9.53 Å². The van der Waals surface area contributed by atoms with Crippen LogP contribution in [0.1, 0.15) is 0 Å². The minimum absolute atomic E-state index is 0.151. The van der Waals surface area contributed by atoms with Gasteiger partial charge in [-0.3, -0.25) is 0 Å². The lowest BCUT2D eigenvalue weighted by atomic mass is 10.3. The van der Waals surface area contributed by atoms with Gasteiger partial charge in [0.15, 0.2) is 5.13 Å². The number of urea groups is 1. The van der Waals surface area contributed by atoms with Crippen LogP contribution >= 0.6 is 34.5 Å². The van der Waals surface area contributed by atoms with Crippen molar-refractivity contribution in [2.75, 3.05) is 43.5 Å². The summed E-state index contributed by atoms with van der Waals surface area (Å²) in [6.45, 7) is 2.57. The van der Waals surface area contributed by atoms with Gasteiger partial charge in [-0.05, 0) is 24.3 Å². The molecule has 0 unspecified atom stereocenters. The molecule has 0 radical (unpaired) electrons. The minimum Gasteiger partial charge on any atom is -0.494 e. The molecule has 0 bridgehead atoms. The number of piperazine rings is 1. The third kappa shape index (κ3) is 3.70. The van der Waals surface area contributed by atoms with Gasteiger partial charge in [0, 0.05) is 26.2 Å². The smallest absolute Gasteiger partial charge is 0.322 e. The average molecular weight is 437 g/mol. The van der Waals surface area contributed by atoms with E-state index in [4.69, 9.17) is 32.9 Å². The number of halogens is 2. The number of hydrogen-bond acceptors (Lipinski definition) is 5. The molecule has 6 nitrogen and oxygen atoms in total. The Kier molecular flexibility index (Phi) is 5.48. The van der Waals surface area contributed by atoms with Crippen LogP contribution in [0.5, 0.6) is 5.75 Å². The van der Waals surface area contributed by atoms with Gasteiger partial charge in [-0.2, -0.15) is 0 Å². The standard InChI is InChI=1S/C19H18Cl2N4O2S/c1-27-15-7-6-13(21)17-16(15)23-19(28-17)25-10-8-24(9-11-25)18(26)22-14-5-3-2-4-12(14)20/h2-7H,8-11H2,1H3,(H,22,26). The molecule has 1 saturated heterocycles. The molecule has 0 saturated carbocycles. The maximum atomic E-state index is 12.5. The monoisotopic (exact) mass is 436 g/mol. The number of carbonyl (C=O) groups excluding carboxylic acids is 1. The van der Waals surface area contributed by atoms with Gasteiger partial charge >= 0.3 is 6.03 Å². The Balaban J connectivity index is 1.44. The Bertz CT molecular complexity index is 1020. The van der Waals surface area contributed by atoms with Crippen molar-refractivity contribution in [3.8, 4) is 5.75 Å². The number of rotatable bonds is 3. The number of aromatic nitrogens is 1. The predicted molar refractivity (Wildman–Crippen MR) is 115 cm³/mol. The number of nitrogens with zero attached hydrogens (tertiary/aromatic N) is 3. The highest BCUT2D eigenvalue weighted by atomic mass is 35.5. The summed E-state index contributed by atoms with van der Waals surface area (Å²) >= 11 is 14.0. The van der Waals surface area contributed by atoms with Gasteiger partial charge in [0.25, 0.3) is 0 Å². The first kappa shape index (κ1) is 19.1. The van der Waals surface area contributed by atoms with Crippen LogP contribution < -0.4 is 15.0 Å². The lowest BCUT2D eigenvalue weighted by Gasteiger charge is -2.34. The molecule has 1 aliphatic heterocycles. The summed E-state index contributed by atoms with van der Waals surface area (Å²) in [5.74, 6) is 0.708. The maximum Gasteiger partial charge on any atom is 0.322 e. The highest BCUT2D eigenvalue weighted by Gasteiger charge is 2.24. The fraction of sp³-hybridized carbons (Fsp3) is 0.263. The van der Waals surface area contributed by atoms with Crippen molar-refractivity contribution in [2.45, 2.75) is 0 Å². The first-order chi connectivity index (χ1) is 13.6. The van der Waals surface area contributed by atoms with Gasteiger partial charge in [0.1, 0.15) is 11.3 Å². The molecule has 0 atom stereocenters. The number of benzene rings is 2. The molecule has 1 aromatic heterocycles. The summed E-state index contributed by atoms with van der Waals surface area (Å²) in [7, 11) is 1.62. The van der Waals surface area contributed by atoms with Crippen molar-refractivity contribution in [3.05, 3.63) is 46.4 Å². The summed E-state index contributed by atoms with van der Waals surface area (Å²) in [6.07, 6.45) is 0. The zero-order valence-electron chi connectivity index (χ0n) is 15.1. The van der Waals surface area contributed by atoms with Gasteiger partial charge in [0.05, 0.1) is 27.5 Å². The van der Waals surface area contributed by atoms with E-state index in [1.807, 2.05) is 24.3 Å². The molecule has 0 spiro atoms. The topological polar surface area (TPSA) is 57.7 Å². The van der Waals surface area contributed by atoms with E-state index in [-0.39, 0.29) is 6.03 Å². The van der Waals surface area contributed by atoms with E-state index in [0.717, 1.165) is 15.3 Å². The zero-order valence-corrected chi connectivity index (χ0v) is 17.4. The molecule has 2 heterocycles. The molecular weight excluding hydrogens is 419 g/mol. The second-order valence-corrected chi connectivity index (χ2v) is 8.10. The molecule has 4 rings (SSSR count). The van der Waals surface area contributed by atoms with Gasteiger partial charge in [-0.15, -0.1) is 0 Å². The first-order valence-electron chi connectivity index (χ1n) is 8.75. The van der Waals surface area contributed by atoms with Crippen LogP contribution in [-0.2, 0) is 0 Å². The number of nitrogens with one attached hydrogen (secondary N) is 1. The van der Waals surface area contributed by atoms with E-state index in [9.17, 15) is 4.79 Å². The van der Waals surface area contributed by atoms with E-state index in [1.165, 1.54) is 0 Å². The van der Waals surface area contributed by atoms with Crippen LogP contribution in [0.3, 0.4) is 0 Å². The number of anilines is 2. The van der Waals surface area contributed by atoms with Crippen LogP contribution in [-0.4, -0.2) is 49.2 Å². The molecule has 1 N–H and O–H groups in total. The van der Waals surface area contributed by atoms with Gasteiger partial charge in [-0.1, -0.05) is 46.7 Å². The summed E-state index contributed by atoms with van der Waals surface area (Å²) in [5.41, 5.74) is 1.39. The van der Waals surface area contributed by atoms with Crippen molar-refractivity contribution in [1.82, 2.24) is 9.88 Å². The summed E-state index contributed by atoms with van der Waals surface area (Å²) in [6, 6.07) is 10.7. The van der Waals surface area contributed by atoms with E-state index in [1.54, 1.807) is 35.5 Å². The van der Waals surface area contributed by atoms with Crippen LogP contribution in [0.15, 0.2) is 36.4 Å². The number of methoxy groups -OCH3 is 1. The number of hydrogen-bond donors (Lipinski definition) is 1. The van der Waals surface area contributed by atoms with E-state index < -0.39 is 0 Å². The lowest BCUT2D eigenvalue weighted by Crippen LogP contribution is -2.50. The van der Waals surface area contributed by atoms with Crippen LogP contribution in [0.25, 0.3) is 10.2 Å². The molecule has 2 amide bonds. The van der Waals surface area contributed by atoms with Crippen molar-refractivity contribution in [1.29, 1.82) is 0 Å². The third-order valence-corrected chi connectivity index (χ3v) is 6.53. The highest BCUT2D eigenvalue weighted by molar-refractivity contribution is 7.22. The van der Waals surface area contributed by atoms with Gasteiger partial charge in [-0.25, -0.2) is 9.78 Å². The minimum atomic E-state index is -0.151. The number of para-hydroxylation sites is 1. The molecule has 28 heavy (non-hydrogen) atoms. The normalized spacial score (nSPS) is 14.4. The highest BCUT2D eigenvalue weighted by Crippen LogP contribution is 2.38. The summed E-state index contributed by atoms with van der Waals surface area (Å²) < 4.78 is 6.30. The number of amides is 2. The Morgan fingerprint density at radius 2 is 1.86 bits per heavy atom. The second kappa shape index (κ2) is 8.03. The number of ether oxygens (including phenoxy) is 1.